The molecule has 3 aliphatic rings. The van der Waals surface area contributed by atoms with E-state index in [0.717, 1.165) is 38.6 Å². The Kier molecular flexibility index (Phi) is 4.39. The Morgan fingerprint density at radius 2 is 2.13 bits per heavy atom. The van der Waals surface area contributed by atoms with Crippen molar-refractivity contribution in [2.75, 3.05) is 19.7 Å². The van der Waals surface area contributed by atoms with Gasteiger partial charge in [0.25, 0.3) is 0 Å². The molecule has 1 aromatic heterocycles. The summed E-state index contributed by atoms with van der Waals surface area (Å²) in [5.74, 6) is 0. The highest BCUT2D eigenvalue weighted by atomic mass is 16.5. The lowest BCUT2D eigenvalue weighted by atomic mass is 9.83. The van der Waals surface area contributed by atoms with Gasteiger partial charge in [0, 0.05) is 44.6 Å². The van der Waals surface area contributed by atoms with Crippen molar-refractivity contribution in [3.63, 3.8) is 0 Å². The molecule has 4 rings (SSSR count). The Morgan fingerprint density at radius 3 is 2.91 bits per heavy atom. The Hall–Kier alpha value is -0.970. The molecule has 0 bridgehead atoms. The molecule has 2 saturated heterocycles. The van der Waals surface area contributed by atoms with E-state index >= 15 is 0 Å². The molecule has 0 unspecified atom stereocenters. The lowest BCUT2D eigenvalue weighted by Crippen LogP contribution is -2.67. The zero-order valence-electron chi connectivity index (χ0n) is 14.2. The summed E-state index contributed by atoms with van der Waals surface area (Å²) in [5, 5.41) is 0. The zero-order valence-corrected chi connectivity index (χ0v) is 14.2. The quantitative estimate of drug-likeness (QED) is 0.855. The minimum absolute atomic E-state index is 0.0789. The molecule has 3 fully saturated rings. The van der Waals surface area contributed by atoms with Crippen molar-refractivity contribution in [1.82, 2.24) is 9.88 Å². The van der Waals surface area contributed by atoms with Gasteiger partial charge >= 0.3 is 0 Å². The van der Waals surface area contributed by atoms with Crippen LogP contribution < -0.4 is 0 Å². The number of hydrogen-bond donors (Lipinski definition) is 0. The Morgan fingerprint density at radius 1 is 1.30 bits per heavy atom. The minimum atomic E-state index is 0.0789. The summed E-state index contributed by atoms with van der Waals surface area (Å²) in [6, 6.07) is 2.87. The molecular weight excluding hydrogens is 288 g/mol. The van der Waals surface area contributed by atoms with E-state index in [4.69, 9.17) is 9.47 Å². The van der Waals surface area contributed by atoms with E-state index in [2.05, 4.69) is 22.9 Å². The van der Waals surface area contributed by atoms with Crippen LogP contribution in [0.15, 0.2) is 18.5 Å². The van der Waals surface area contributed by atoms with E-state index in [0.29, 0.717) is 12.7 Å². The second-order valence-electron chi connectivity index (χ2n) is 7.60. The zero-order chi connectivity index (χ0) is 15.7. The van der Waals surface area contributed by atoms with Crippen molar-refractivity contribution < 1.29 is 9.47 Å². The van der Waals surface area contributed by atoms with Gasteiger partial charge in [-0.15, -0.1) is 0 Å². The van der Waals surface area contributed by atoms with Gasteiger partial charge in [0.05, 0.1) is 18.3 Å². The van der Waals surface area contributed by atoms with Crippen LogP contribution in [0.5, 0.6) is 0 Å². The topological polar surface area (TPSA) is 34.6 Å². The first kappa shape index (κ1) is 15.6. The molecule has 0 amide bonds. The third-order valence-electron chi connectivity index (χ3n) is 5.89. The van der Waals surface area contributed by atoms with E-state index in [-0.39, 0.29) is 5.60 Å². The van der Waals surface area contributed by atoms with E-state index in [9.17, 15) is 0 Å². The summed E-state index contributed by atoms with van der Waals surface area (Å²) in [5.41, 5.74) is 2.54. The molecule has 0 aromatic carbocycles. The van der Waals surface area contributed by atoms with Crippen LogP contribution in [-0.4, -0.2) is 47.3 Å². The van der Waals surface area contributed by atoms with Crippen LogP contribution in [-0.2, 0) is 16.1 Å². The molecule has 23 heavy (non-hydrogen) atoms. The van der Waals surface area contributed by atoms with E-state index < -0.39 is 0 Å². The molecule has 1 atom stereocenters. The van der Waals surface area contributed by atoms with Gasteiger partial charge in [0.1, 0.15) is 0 Å². The number of aryl methyl sites for hydroxylation is 1. The normalized spacial score (nSPS) is 28.1. The van der Waals surface area contributed by atoms with E-state index in [1.54, 1.807) is 0 Å². The lowest BCUT2D eigenvalue weighted by molar-refractivity contribution is -0.206. The molecule has 0 N–H and O–H groups in total. The van der Waals surface area contributed by atoms with Gasteiger partial charge in [0.2, 0.25) is 0 Å². The van der Waals surface area contributed by atoms with Gasteiger partial charge in [0.15, 0.2) is 0 Å². The third-order valence-corrected chi connectivity index (χ3v) is 5.89. The molecule has 1 aromatic rings. The molecule has 4 heteroatoms. The number of likely N-dealkylation sites (tertiary alicyclic amines) is 1. The average Bonchev–Trinajstić information content (AvgIpc) is 3.06. The summed E-state index contributed by atoms with van der Waals surface area (Å²) in [6.07, 6.45) is 11.8. The Balaban J connectivity index is 1.29. The highest BCUT2D eigenvalue weighted by Gasteiger charge is 2.49. The highest BCUT2D eigenvalue weighted by Crippen LogP contribution is 2.39. The van der Waals surface area contributed by atoms with Gasteiger partial charge in [-0.25, -0.2) is 0 Å². The van der Waals surface area contributed by atoms with Crippen molar-refractivity contribution in [2.45, 2.75) is 69.8 Å². The fourth-order valence-electron chi connectivity index (χ4n) is 4.42. The fourth-order valence-corrected chi connectivity index (χ4v) is 4.42. The van der Waals surface area contributed by atoms with Crippen LogP contribution >= 0.6 is 0 Å². The van der Waals surface area contributed by atoms with Crippen molar-refractivity contribution >= 4 is 0 Å². The van der Waals surface area contributed by atoms with Crippen LogP contribution in [0.3, 0.4) is 0 Å². The van der Waals surface area contributed by atoms with Gasteiger partial charge in [-0.05, 0) is 43.4 Å². The first-order valence-corrected chi connectivity index (χ1v) is 9.13. The standard InChI is InChI=1S/C19H28N2O2/c1-15-6-8-20-11-16(15)12-22-18-7-9-23-19(10-18)13-21(14-19)17-4-2-3-5-17/h6,8,11,17-18H,2-5,7,9-10,12-14H2,1H3/t18-/m1/s1. The van der Waals surface area contributed by atoms with Crippen LogP contribution in [0, 0.1) is 6.92 Å². The van der Waals surface area contributed by atoms with E-state index in [1.165, 1.54) is 36.8 Å². The molecule has 4 nitrogen and oxygen atoms in total. The van der Waals surface area contributed by atoms with Crippen molar-refractivity contribution in [3.8, 4) is 0 Å². The number of aromatic nitrogens is 1. The smallest absolute Gasteiger partial charge is 0.0959 e. The third kappa shape index (κ3) is 3.30. The van der Waals surface area contributed by atoms with Crippen LogP contribution in [0.4, 0.5) is 0 Å². The summed E-state index contributed by atoms with van der Waals surface area (Å²) in [7, 11) is 0. The van der Waals surface area contributed by atoms with Gasteiger partial charge in [-0.3, -0.25) is 9.88 Å². The molecule has 1 saturated carbocycles. The molecule has 1 spiro atoms. The molecule has 126 valence electrons. The predicted molar refractivity (Wildman–Crippen MR) is 89.3 cm³/mol. The van der Waals surface area contributed by atoms with Gasteiger partial charge in [-0.2, -0.15) is 0 Å². The number of rotatable bonds is 4. The fraction of sp³-hybridized carbons (Fsp3) is 0.737. The Labute approximate surface area is 139 Å². The lowest BCUT2D eigenvalue weighted by Gasteiger charge is -2.55. The van der Waals surface area contributed by atoms with Gasteiger partial charge < -0.3 is 9.47 Å². The van der Waals surface area contributed by atoms with Crippen LogP contribution in [0.2, 0.25) is 0 Å². The Bertz CT molecular complexity index is 536. The van der Waals surface area contributed by atoms with Crippen molar-refractivity contribution in [2.24, 2.45) is 0 Å². The van der Waals surface area contributed by atoms with E-state index in [1.807, 2.05) is 12.4 Å². The van der Waals surface area contributed by atoms with Crippen molar-refractivity contribution in [3.05, 3.63) is 29.6 Å². The maximum atomic E-state index is 6.20. The summed E-state index contributed by atoms with van der Waals surface area (Å²) in [4.78, 5) is 6.85. The number of ether oxygens (including phenoxy) is 2. The number of nitrogens with zero attached hydrogens (tertiary/aromatic N) is 2. The SMILES string of the molecule is Cc1ccncc1CO[C@@H]1CCOC2(C1)CN(C1CCCC1)C2. The summed E-state index contributed by atoms with van der Waals surface area (Å²) >= 11 is 0. The first-order valence-electron chi connectivity index (χ1n) is 9.13. The summed E-state index contributed by atoms with van der Waals surface area (Å²) in [6.45, 7) is 5.87. The molecule has 0 radical (unpaired) electrons. The highest BCUT2D eigenvalue weighted by molar-refractivity contribution is 5.20. The largest absolute Gasteiger partial charge is 0.373 e. The maximum Gasteiger partial charge on any atom is 0.0959 e. The average molecular weight is 316 g/mol. The van der Waals surface area contributed by atoms with Crippen LogP contribution in [0.25, 0.3) is 0 Å². The number of hydrogen-bond acceptors (Lipinski definition) is 4. The monoisotopic (exact) mass is 316 g/mol. The predicted octanol–water partition coefficient (Wildman–Crippen LogP) is 3.08. The first-order chi connectivity index (χ1) is 11.2. The molecule has 3 heterocycles. The molecule has 1 aliphatic carbocycles. The van der Waals surface area contributed by atoms with Gasteiger partial charge in [-0.1, -0.05) is 12.8 Å². The second-order valence-corrected chi connectivity index (χ2v) is 7.60. The minimum Gasteiger partial charge on any atom is -0.373 e. The maximum absolute atomic E-state index is 6.20. The number of pyridine rings is 1. The molecular formula is C19H28N2O2. The second kappa shape index (κ2) is 6.50. The van der Waals surface area contributed by atoms with Crippen molar-refractivity contribution in [1.29, 1.82) is 0 Å². The summed E-state index contributed by atoms with van der Waals surface area (Å²) < 4.78 is 12.4. The molecule has 2 aliphatic heterocycles. The van der Waals surface area contributed by atoms with Crippen LogP contribution in [0.1, 0.15) is 49.7 Å².